The van der Waals surface area contributed by atoms with E-state index >= 15 is 0 Å². The molecule has 1 heterocycles. The van der Waals surface area contributed by atoms with Crippen molar-refractivity contribution in [3.05, 3.63) is 51.3 Å². The van der Waals surface area contributed by atoms with Gasteiger partial charge in [-0.25, -0.2) is 0 Å². The topological polar surface area (TPSA) is 43.8 Å². The first-order valence-corrected chi connectivity index (χ1v) is 7.17. The molecule has 0 amide bonds. The van der Waals surface area contributed by atoms with Gasteiger partial charge in [0.05, 0.1) is 12.2 Å². The van der Waals surface area contributed by atoms with Gasteiger partial charge in [-0.3, -0.25) is 4.68 Å². The molecule has 0 aliphatic rings. The maximum absolute atomic E-state index is 6.05. The van der Waals surface area contributed by atoms with E-state index < -0.39 is 0 Å². The van der Waals surface area contributed by atoms with E-state index in [1.54, 1.807) is 0 Å². The lowest BCUT2D eigenvalue weighted by molar-refractivity contribution is 0.651. The van der Waals surface area contributed by atoms with Gasteiger partial charge in [0.1, 0.15) is 0 Å². The van der Waals surface area contributed by atoms with Gasteiger partial charge in [-0.05, 0) is 58.2 Å². The van der Waals surface area contributed by atoms with Crippen molar-refractivity contribution in [1.82, 2.24) is 9.78 Å². The maximum atomic E-state index is 6.05. The summed E-state index contributed by atoms with van der Waals surface area (Å²) in [5.74, 6) is 0. The van der Waals surface area contributed by atoms with Crippen molar-refractivity contribution in [1.29, 1.82) is 0 Å². The van der Waals surface area contributed by atoms with E-state index in [-0.39, 0.29) is 6.04 Å². The molecule has 2 rings (SSSR count). The second-order valence-corrected chi connectivity index (χ2v) is 5.91. The van der Waals surface area contributed by atoms with Crippen molar-refractivity contribution < 1.29 is 0 Å². The number of hydrogen-bond acceptors (Lipinski definition) is 2. The lowest BCUT2D eigenvalue weighted by Crippen LogP contribution is -2.10. The molecule has 0 bridgehead atoms. The monoisotopic (exact) mass is 271 g/mol. The quantitative estimate of drug-likeness (QED) is 0.928. The molecule has 1 unspecified atom stereocenters. The molecule has 2 aromatic rings. The highest BCUT2D eigenvalue weighted by molar-refractivity contribution is 5.38. The lowest BCUT2D eigenvalue weighted by Gasteiger charge is -2.13. The Morgan fingerprint density at radius 2 is 1.65 bits per heavy atom. The minimum absolute atomic E-state index is 0.0314. The Bertz CT molecular complexity index is 613. The van der Waals surface area contributed by atoms with Crippen LogP contribution in [0.15, 0.2) is 12.1 Å². The van der Waals surface area contributed by atoms with Crippen LogP contribution in [-0.4, -0.2) is 9.78 Å². The van der Waals surface area contributed by atoms with Crippen LogP contribution in [0.5, 0.6) is 0 Å². The zero-order chi connectivity index (χ0) is 15.0. The van der Waals surface area contributed by atoms with Gasteiger partial charge in [-0.15, -0.1) is 0 Å². The third-order valence-corrected chi connectivity index (χ3v) is 4.04. The summed E-state index contributed by atoms with van der Waals surface area (Å²) in [6.45, 7) is 13.5. The fraction of sp³-hybridized carbons (Fsp3) is 0.471. The van der Waals surface area contributed by atoms with E-state index in [1.807, 2.05) is 13.8 Å². The summed E-state index contributed by atoms with van der Waals surface area (Å²) >= 11 is 0. The van der Waals surface area contributed by atoms with E-state index in [2.05, 4.69) is 49.6 Å². The normalized spacial score (nSPS) is 12.8. The van der Waals surface area contributed by atoms with Crippen molar-refractivity contribution in [2.45, 2.75) is 54.1 Å². The van der Waals surface area contributed by atoms with Crippen molar-refractivity contribution in [3.63, 3.8) is 0 Å². The number of benzene rings is 1. The van der Waals surface area contributed by atoms with Gasteiger partial charge >= 0.3 is 0 Å². The molecular formula is C17H25N3. The van der Waals surface area contributed by atoms with Gasteiger partial charge < -0.3 is 5.73 Å². The zero-order valence-electron chi connectivity index (χ0n) is 13.4. The van der Waals surface area contributed by atoms with Gasteiger partial charge in [-0.2, -0.15) is 5.10 Å². The van der Waals surface area contributed by atoms with Crippen molar-refractivity contribution in [2.75, 3.05) is 0 Å². The minimum atomic E-state index is 0.0314. The van der Waals surface area contributed by atoms with Gasteiger partial charge in [0.2, 0.25) is 0 Å². The van der Waals surface area contributed by atoms with Crippen molar-refractivity contribution in [2.24, 2.45) is 5.73 Å². The summed E-state index contributed by atoms with van der Waals surface area (Å²) in [5.41, 5.74) is 14.8. The van der Waals surface area contributed by atoms with Crippen LogP contribution in [-0.2, 0) is 6.54 Å². The molecule has 0 aliphatic heterocycles. The Hall–Kier alpha value is -1.61. The molecule has 1 atom stereocenters. The van der Waals surface area contributed by atoms with Crippen LogP contribution in [0.25, 0.3) is 0 Å². The Kier molecular flexibility index (Phi) is 4.00. The molecule has 0 spiro atoms. The highest BCUT2D eigenvalue weighted by Crippen LogP contribution is 2.22. The van der Waals surface area contributed by atoms with Gasteiger partial charge in [-0.1, -0.05) is 17.7 Å². The Balaban J connectivity index is 2.44. The van der Waals surface area contributed by atoms with E-state index in [4.69, 9.17) is 5.73 Å². The first-order chi connectivity index (χ1) is 9.31. The summed E-state index contributed by atoms with van der Waals surface area (Å²) in [5, 5.41) is 4.67. The van der Waals surface area contributed by atoms with Gasteiger partial charge in [0, 0.05) is 17.3 Å². The second kappa shape index (κ2) is 5.41. The van der Waals surface area contributed by atoms with E-state index in [0.717, 1.165) is 12.2 Å². The predicted octanol–water partition coefficient (Wildman–Crippen LogP) is 3.49. The van der Waals surface area contributed by atoms with Gasteiger partial charge in [0.25, 0.3) is 0 Å². The zero-order valence-corrected chi connectivity index (χ0v) is 13.4. The van der Waals surface area contributed by atoms with Crippen LogP contribution >= 0.6 is 0 Å². The van der Waals surface area contributed by atoms with E-state index in [0.29, 0.717) is 0 Å². The average Bonchev–Trinajstić information content (AvgIpc) is 2.58. The molecule has 20 heavy (non-hydrogen) atoms. The molecule has 0 radical (unpaired) electrons. The number of rotatable bonds is 3. The molecule has 3 heteroatoms. The summed E-state index contributed by atoms with van der Waals surface area (Å²) in [7, 11) is 0. The smallest absolute Gasteiger partial charge is 0.0667 e. The second-order valence-electron chi connectivity index (χ2n) is 5.91. The highest BCUT2D eigenvalue weighted by Gasteiger charge is 2.16. The molecule has 3 nitrogen and oxygen atoms in total. The molecule has 1 aromatic carbocycles. The number of nitrogens with zero attached hydrogens (tertiary/aromatic N) is 2. The molecule has 0 fully saturated rings. The Morgan fingerprint density at radius 3 is 2.10 bits per heavy atom. The molecule has 0 saturated heterocycles. The van der Waals surface area contributed by atoms with Crippen LogP contribution < -0.4 is 5.73 Å². The number of aryl methyl sites for hydroxylation is 4. The Morgan fingerprint density at radius 1 is 1.10 bits per heavy atom. The molecule has 2 N–H and O–H groups in total. The van der Waals surface area contributed by atoms with Crippen LogP contribution in [0, 0.1) is 34.6 Å². The minimum Gasteiger partial charge on any atom is -0.324 e. The molecule has 1 aromatic heterocycles. The van der Waals surface area contributed by atoms with Crippen LogP contribution in [0.2, 0.25) is 0 Å². The fourth-order valence-electron chi connectivity index (χ4n) is 3.13. The summed E-state index contributed by atoms with van der Waals surface area (Å²) in [6.07, 6.45) is 0. The van der Waals surface area contributed by atoms with Crippen LogP contribution in [0.1, 0.15) is 52.2 Å². The summed E-state index contributed by atoms with van der Waals surface area (Å²) in [6, 6.07) is 4.50. The molecular weight excluding hydrogens is 246 g/mol. The average molecular weight is 271 g/mol. The molecule has 108 valence electrons. The largest absolute Gasteiger partial charge is 0.324 e. The fourth-order valence-corrected chi connectivity index (χ4v) is 3.13. The van der Waals surface area contributed by atoms with E-state index in [9.17, 15) is 0 Å². The first kappa shape index (κ1) is 14.8. The number of nitrogens with two attached hydrogens (primary N) is 1. The summed E-state index contributed by atoms with van der Waals surface area (Å²) in [4.78, 5) is 0. The van der Waals surface area contributed by atoms with Gasteiger partial charge in [0.15, 0.2) is 0 Å². The standard InChI is InChI=1S/C17H25N3/c1-10-7-11(2)16(12(3)8-10)9-20-15(6)17(13(4)18)14(5)19-20/h7-8,13H,9,18H2,1-6H3. The van der Waals surface area contributed by atoms with Crippen LogP contribution in [0.4, 0.5) is 0 Å². The third kappa shape index (κ3) is 2.63. The number of hydrogen-bond donors (Lipinski definition) is 1. The predicted molar refractivity (Wildman–Crippen MR) is 84.1 cm³/mol. The molecule has 0 aliphatic carbocycles. The van der Waals surface area contributed by atoms with Crippen molar-refractivity contribution in [3.8, 4) is 0 Å². The van der Waals surface area contributed by atoms with Crippen LogP contribution in [0.3, 0.4) is 0 Å². The highest BCUT2D eigenvalue weighted by atomic mass is 15.3. The summed E-state index contributed by atoms with van der Waals surface area (Å²) < 4.78 is 2.08. The van der Waals surface area contributed by atoms with Crippen molar-refractivity contribution >= 4 is 0 Å². The Labute approximate surface area is 121 Å². The lowest BCUT2D eigenvalue weighted by atomic mass is 10.00. The SMILES string of the molecule is Cc1cc(C)c(Cn2nc(C)c(C(C)N)c2C)c(C)c1. The van der Waals surface area contributed by atoms with E-state index in [1.165, 1.54) is 33.5 Å². The third-order valence-electron chi connectivity index (χ3n) is 4.04. The maximum Gasteiger partial charge on any atom is 0.0667 e. The number of aromatic nitrogens is 2. The molecule has 0 saturated carbocycles. The first-order valence-electron chi connectivity index (χ1n) is 7.17.